The van der Waals surface area contributed by atoms with E-state index in [1.807, 2.05) is 0 Å². The molecule has 138 valence electrons. The SMILES string of the molecule is CCOc1cccc(C(C)(CC(F)(C(F)(F)F)C(F)(F)F)OC)c1. The van der Waals surface area contributed by atoms with Crippen LogP contribution in [0.25, 0.3) is 0 Å². The molecule has 0 bridgehead atoms. The lowest BCUT2D eigenvalue weighted by Gasteiger charge is -2.38. The van der Waals surface area contributed by atoms with Gasteiger partial charge >= 0.3 is 18.0 Å². The van der Waals surface area contributed by atoms with Gasteiger partial charge in [0.1, 0.15) is 5.75 Å². The highest BCUT2D eigenvalue weighted by Gasteiger charge is 2.74. The van der Waals surface area contributed by atoms with Crippen molar-refractivity contribution in [3.8, 4) is 5.75 Å². The maximum atomic E-state index is 14.1. The summed E-state index contributed by atoms with van der Waals surface area (Å²) in [5.74, 6) is 0.224. The first-order valence-electron chi connectivity index (χ1n) is 6.91. The molecule has 0 saturated carbocycles. The van der Waals surface area contributed by atoms with E-state index in [1.165, 1.54) is 24.3 Å². The number of alkyl halides is 7. The van der Waals surface area contributed by atoms with Gasteiger partial charge in [-0.2, -0.15) is 26.3 Å². The minimum absolute atomic E-state index is 0.0634. The normalized spacial score (nSPS) is 15.9. The Morgan fingerprint density at radius 3 is 1.92 bits per heavy atom. The van der Waals surface area contributed by atoms with Gasteiger partial charge in [-0.15, -0.1) is 0 Å². The summed E-state index contributed by atoms with van der Waals surface area (Å²) in [5.41, 5.74) is -7.65. The van der Waals surface area contributed by atoms with E-state index in [0.29, 0.717) is 0 Å². The summed E-state index contributed by atoms with van der Waals surface area (Å²) in [4.78, 5) is 0. The zero-order valence-electron chi connectivity index (χ0n) is 13.2. The van der Waals surface area contributed by atoms with E-state index >= 15 is 0 Å². The van der Waals surface area contributed by atoms with Gasteiger partial charge in [0.2, 0.25) is 0 Å². The van der Waals surface area contributed by atoms with Crippen LogP contribution in [0.3, 0.4) is 0 Å². The fourth-order valence-corrected chi connectivity index (χ4v) is 2.20. The van der Waals surface area contributed by atoms with Crippen molar-refractivity contribution >= 4 is 0 Å². The van der Waals surface area contributed by atoms with Gasteiger partial charge < -0.3 is 9.47 Å². The first-order valence-corrected chi connectivity index (χ1v) is 6.91. The Kier molecular flexibility index (Phi) is 5.80. The zero-order valence-corrected chi connectivity index (χ0v) is 13.2. The van der Waals surface area contributed by atoms with Crippen LogP contribution in [-0.2, 0) is 10.3 Å². The van der Waals surface area contributed by atoms with Crippen molar-refractivity contribution in [2.75, 3.05) is 13.7 Å². The minimum Gasteiger partial charge on any atom is -0.494 e. The highest BCUT2D eigenvalue weighted by Crippen LogP contribution is 2.52. The fraction of sp³-hybridized carbons (Fsp3) is 0.600. The summed E-state index contributed by atoms with van der Waals surface area (Å²) in [6.07, 6.45) is -14.2. The van der Waals surface area contributed by atoms with Gasteiger partial charge in [-0.25, -0.2) is 4.39 Å². The molecule has 0 fully saturated rings. The first-order chi connectivity index (χ1) is 10.8. The number of methoxy groups -OCH3 is 1. The minimum atomic E-state index is -6.14. The second kappa shape index (κ2) is 6.78. The third-order valence-electron chi connectivity index (χ3n) is 3.69. The molecule has 1 aromatic rings. The first kappa shape index (κ1) is 20.5. The lowest BCUT2D eigenvalue weighted by atomic mass is 9.83. The molecule has 1 unspecified atom stereocenters. The van der Waals surface area contributed by atoms with Crippen LogP contribution in [0.1, 0.15) is 25.8 Å². The van der Waals surface area contributed by atoms with Crippen molar-refractivity contribution in [3.05, 3.63) is 29.8 Å². The summed E-state index contributed by atoms with van der Waals surface area (Å²) < 4.78 is 101. The Balaban J connectivity index is 3.35. The molecule has 9 heteroatoms. The molecule has 0 amide bonds. The number of hydrogen-bond acceptors (Lipinski definition) is 2. The Bertz CT molecular complexity index is 539. The van der Waals surface area contributed by atoms with E-state index in [9.17, 15) is 30.7 Å². The van der Waals surface area contributed by atoms with Crippen molar-refractivity contribution in [3.63, 3.8) is 0 Å². The molecule has 2 nitrogen and oxygen atoms in total. The molecule has 0 aromatic heterocycles. The van der Waals surface area contributed by atoms with Crippen molar-refractivity contribution in [1.29, 1.82) is 0 Å². The second-order valence-corrected chi connectivity index (χ2v) is 5.37. The summed E-state index contributed by atoms with van der Waals surface area (Å²) in [5, 5.41) is 0. The highest BCUT2D eigenvalue weighted by molar-refractivity contribution is 5.33. The molecule has 0 aliphatic rings. The van der Waals surface area contributed by atoms with Gasteiger partial charge in [-0.3, -0.25) is 0 Å². The number of ether oxygens (including phenoxy) is 2. The van der Waals surface area contributed by atoms with Crippen LogP contribution in [0.2, 0.25) is 0 Å². The van der Waals surface area contributed by atoms with Crippen molar-refractivity contribution in [1.82, 2.24) is 0 Å². The number of rotatable bonds is 6. The zero-order chi connectivity index (χ0) is 18.8. The molecule has 0 N–H and O–H groups in total. The van der Waals surface area contributed by atoms with E-state index in [1.54, 1.807) is 6.92 Å². The van der Waals surface area contributed by atoms with Gasteiger partial charge in [0, 0.05) is 13.5 Å². The predicted octanol–water partition coefficient (Wildman–Crippen LogP) is 5.17. The third kappa shape index (κ3) is 3.93. The van der Waals surface area contributed by atoms with Crippen LogP contribution in [0, 0.1) is 0 Å². The van der Waals surface area contributed by atoms with Crippen LogP contribution in [0.5, 0.6) is 5.75 Å². The van der Waals surface area contributed by atoms with Gasteiger partial charge in [0.25, 0.3) is 0 Å². The summed E-state index contributed by atoms with van der Waals surface area (Å²) >= 11 is 0. The van der Waals surface area contributed by atoms with Gasteiger partial charge in [0.05, 0.1) is 12.2 Å². The Hall–Kier alpha value is -1.51. The van der Waals surface area contributed by atoms with E-state index in [-0.39, 0.29) is 17.9 Å². The third-order valence-corrected chi connectivity index (χ3v) is 3.69. The molecule has 0 spiro atoms. The smallest absolute Gasteiger partial charge is 0.431 e. The van der Waals surface area contributed by atoms with E-state index in [4.69, 9.17) is 9.47 Å². The summed E-state index contributed by atoms with van der Waals surface area (Å²) in [6.45, 7) is 2.86. The van der Waals surface area contributed by atoms with Crippen molar-refractivity contribution < 1.29 is 40.2 Å². The Morgan fingerprint density at radius 2 is 1.50 bits per heavy atom. The van der Waals surface area contributed by atoms with Crippen LogP contribution < -0.4 is 4.74 Å². The van der Waals surface area contributed by atoms with Gasteiger partial charge in [0.15, 0.2) is 0 Å². The average Bonchev–Trinajstić information content (AvgIpc) is 2.45. The quantitative estimate of drug-likeness (QED) is 0.650. The summed E-state index contributed by atoms with van der Waals surface area (Å²) in [6, 6.07) is 5.32. The maximum absolute atomic E-state index is 14.1. The van der Waals surface area contributed by atoms with Crippen LogP contribution in [-0.4, -0.2) is 31.7 Å². The highest BCUT2D eigenvalue weighted by atomic mass is 19.4. The van der Waals surface area contributed by atoms with E-state index < -0.39 is 30.0 Å². The van der Waals surface area contributed by atoms with Crippen LogP contribution >= 0.6 is 0 Å². The fourth-order valence-electron chi connectivity index (χ4n) is 2.20. The van der Waals surface area contributed by atoms with Gasteiger partial charge in [-0.1, -0.05) is 12.1 Å². The molecule has 0 radical (unpaired) electrons. The second-order valence-electron chi connectivity index (χ2n) is 5.37. The predicted molar refractivity (Wildman–Crippen MR) is 72.5 cm³/mol. The Labute approximate surface area is 134 Å². The van der Waals surface area contributed by atoms with Crippen LogP contribution in [0.15, 0.2) is 24.3 Å². The molecule has 1 aromatic carbocycles. The standard InChI is InChI=1S/C15H17F7O2/c1-4-24-11-7-5-6-10(8-11)12(2,23-3)9-13(16,14(17,18)19)15(20,21)22/h5-8H,4,9H2,1-3H3. The molecule has 0 heterocycles. The molecular weight excluding hydrogens is 345 g/mol. The van der Waals surface area contributed by atoms with Crippen molar-refractivity contribution in [2.45, 2.75) is 43.9 Å². The molecule has 0 aliphatic carbocycles. The molecular formula is C15H17F7O2. The Morgan fingerprint density at radius 1 is 0.958 bits per heavy atom. The van der Waals surface area contributed by atoms with Crippen LogP contribution in [0.4, 0.5) is 30.7 Å². The maximum Gasteiger partial charge on any atom is 0.431 e. The molecule has 0 saturated heterocycles. The molecule has 1 rings (SSSR count). The summed E-state index contributed by atoms with van der Waals surface area (Å²) in [7, 11) is 0.917. The molecule has 1 atom stereocenters. The molecule has 0 aliphatic heterocycles. The van der Waals surface area contributed by atoms with E-state index in [2.05, 4.69) is 0 Å². The monoisotopic (exact) mass is 362 g/mol. The molecule has 24 heavy (non-hydrogen) atoms. The largest absolute Gasteiger partial charge is 0.494 e. The average molecular weight is 362 g/mol. The van der Waals surface area contributed by atoms with E-state index in [0.717, 1.165) is 14.0 Å². The lowest BCUT2D eigenvalue weighted by Crippen LogP contribution is -2.56. The van der Waals surface area contributed by atoms with Gasteiger partial charge in [-0.05, 0) is 31.5 Å². The topological polar surface area (TPSA) is 18.5 Å². The number of halogens is 7. The lowest BCUT2D eigenvalue weighted by molar-refractivity contribution is -0.353. The number of hydrogen-bond donors (Lipinski definition) is 0. The van der Waals surface area contributed by atoms with Crippen molar-refractivity contribution in [2.24, 2.45) is 0 Å². The number of benzene rings is 1.